The van der Waals surface area contributed by atoms with Gasteiger partial charge in [0.15, 0.2) is 0 Å². The number of hydrogen-bond acceptors (Lipinski definition) is 5. The van der Waals surface area contributed by atoms with Gasteiger partial charge in [-0.1, -0.05) is 15.9 Å². The smallest absolute Gasteiger partial charge is 0.330 e. The van der Waals surface area contributed by atoms with E-state index < -0.39 is 47.8 Å². The average molecular weight is 726 g/mol. The Morgan fingerprint density at radius 3 is 2.43 bits per heavy atom. The third kappa shape index (κ3) is 5.92. The molecular weight excluding hydrogens is 703 g/mol. The number of amides is 1. The Kier molecular flexibility index (Phi) is 7.80. The summed E-state index contributed by atoms with van der Waals surface area (Å²) >= 11 is 2.87. The highest BCUT2D eigenvalue weighted by Crippen LogP contribution is 2.36. The van der Waals surface area contributed by atoms with E-state index in [1.54, 1.807) is 26.8 Å². The number of carbonyl (C=O) groups is 1. The van der Waals surface area contributed by atoms with E-state index in [9.17, 15) is 35.9 Å². The van der Waals surface area contributed by atoms with Gasteiger partial charge in [-0.05, 0) is 57.5 Å². The van der Waals surface area contributed by atoms with Crippen molar-refractivity contribution in [3.05, 3.63) is 97.1 Å². The number of alkyl halides is 6. The van der Waals surface area contributed by atoms with Gasteiger partial charge in [-0.25, -0.2) is 23.6 Å². The lowest BCUT2D eigenvalue weighted by Gasteiger charge is -2.34. The van der Waals surface area contributed by atoms with Crippen molar-refractivity contribution in [2.24, 2.45) is 0 Å². The van der Waals surface area contributed by atoms with Crippen molar-refractivity contribution in [2.45, 2.75) is 58.7 Å². The largest absolute Gasteiger partial charge is 0.417 e. The van der Waals surface area contributed by atoms with Gasteiger partial charge < -0.3 is 9.47 Å². The summed E-state index contributed by atoms with van der Waals surface area (Å²) < 4.78 is 98.6. The van der Waals surface area contributed by atoms with Crippen molar-refractivity contribution in [1.29, 1.82) is 0 Å². The fraction of sp³-hybridized carbons (Fsp3) is 0.300. The first-order valence-corrected chi connectivity index (χ1v) is 14.8. The van der Waals surface area contributed by atoms with E-state index in [1.807, 2.05) is 0 Å². The molecule has 1 atom stereocenters. The van der Waals surface area contributed by atoms with Gasteiger partial charge in [-0.15, -0.1) is 0 Å². The third-order valence-electron chi connectivity index (χ3n) is 7.86. The number of aryl methyl sites for hydroxylation is 2. The maximum Gasteiger partial charge on any atom is 0.417 e. The van der Waals surface area contributed by atoms with Gasteiger partial charge in [-0.2, -0.15) is 31.4 Å². The number of aromatic nitrogens is 6. The highest BCUT2D eigenvalue weighted by atomic mass is 79.9. The van der Waals surface area contributed by atoms with Crippen LogP contribution in [0.4, 0.5) is 30.7 Å². The first-order chi connectivity index (χ1) is 21.9. The standard InChI is InChI=1S/C30H23BrF7N7O2/c1-14-6-16(3)45(41-14)28-40-23-11-43(26(46)17-4-5-20(31)19(8-17)30(36,37)38)15(2)7-18(23)27(47)44(28)24-10-22-25(9-21(24)32)42(13-39-22)12-29(33,34)35/h4-6,8-10,13,15H,7,11-12H2,1-3H3. The second-order valence-electron chi connectivity index (χ2n) is 11.3. The molecule has 0 aliphatic carbocycles. The summed E-state index contributed by atoms with van der Waals surface area (Å²) in [4.78, 5) is 37.7. The van der Waals surface area contributed by atoms with Crippen LogP contribution in [0.3, 0.4) is 0 Å². The molecule has 1 unspecified atom stereocenters. The van der Waals surface area contributed by atoms with Crippen LogP contribution in [-0.2, 0) is 25.7 Å². The number of fused-ring (bicyclic) bond motifs is 2. The molecule has 0 bridgehead atoms. The zero-order valence-corrected chi connectivity index (χ0v) is 26.3. The fourth-order valence-electron chi connectivity index (χ4n) is 5.71. The molecule has 5 aromatic rings. The monoisotopic (exact) mass is 725 g/mol. The van der Waals surface area contributed by atoms with Gasteiger partial charge in [0.1, 0.15) is 12.4 Å². The molecule has 6 rings (SSSR count). The Bertz CT molecular complexity index is 2130. The van der Waals surface area contributed by atoms with E-state index in [4.69, 9.17) is 0 Å². The van der Waals surface area contributed by atoms with Crippen LogP contribution in [-0.4, -0.2) is 51.9 Å². The molecular formula is C30H23BrF7N7O2. The Balaban J connectivity index is 1.49. The van der Waals surface area contributed by atoms with E-state index in [2.05, 4.69) is 31.0 Å². The lowest BCUT2D eigenvalue weighted by molar-refractivity contribution is -0.140. The van der Waals surface area contributed by atoms with Crippen LogP contribution >= 0.6 is 15.9 Å². The molecule has 246 valence electrons. The number of benzene rings is 2. The number of halogens is 8. The summed E-state index contributed by atoms with van der Waals surface area (Å²) in [5.41, 5.74) is -1.15. The molecule has 1 aliphatic heterocycles. The predicted molar refractivity (Wildman–Crippen MR) is 158 cm³/mol. The summed E-state index contributed by atoms with van der Waals surface area (Å²) in [7, 11) is 0. The van der Waals surface area contributed by atoms with Crippen LogP contribution < -0.4 is 5.56 Å². The van der Waals surface area contributed by atoms with Gasteiger partial charge in [0.2, 0.25) is 5.95 Å². The van der Waals surface area contributed by atoms with Crippen LogP contribution in [0.5, 0.6) is 0 Å². The van der Waals surface area contributed by atoms with Crippen molar-refractivity contribution in [3.63, 3.8) is 0 Å². The van der Waals surface area contributed by atoms with Gasteiger partial charge in [0.05, 0.1) is 46.5 Å². The molecule has 1 amide bonds. The molecule has 0 fully saturated rings. The summed E-state index contributed by atoms with van der Waals surface area (Å²) in [6.07, 6.45) is -8.45. The van der Waals surface area contributed by atoms with Gasteiger partial charge in [0, 0.05) is 33.4 Å². The topological polar surface area (TPSA) is 90.8 Å². The zero-order chi connectivity index (χ0) is 34.2. The predicted octanol–water partition coefficient (Wildman–Crippen LogP) is 6.45. The van der Waals surface area contributed by atoms with E-state index >= 15 is 4.39 Å². The SMILES string of the molecule is Cc1cc(C)n(-c2nc3c(c(=O)n2-c2cc4ncn(CC(F)(F)F)c4cc2F)CC(C)N(C(=O)c2ccc(Br)c(C(F)(F)F)c2)C3)n1. The highest BCUT2D eigenvalue weighted by Gasteiger charge is 2.37. The quantitative estimate of drug-likeness (QED) is 0.199. The number of hydrogen-bond donors (Lipinski definition) is 0. The first kappa shape index (κ1) is 32.4. The lowest BCUT2D eigenvalue weighted by atomic mass is 9.98. The third-order valence-corrected chi connectivity index (χ3v) is 8.55. The summed E-state index contributed by atoms with van der Waals surface area (Å²) in [5.74, 6) is -1.91. The minimum atomic E-state index is -4.72. The molecule has 0 spiro atoms. The maximum atomic E-state index is 15.8. The van der Waals surface area contributed by atoms with Gasteiger partial charge in [-0.3, -0.25) is 9.59 Å². The molecule has 1 aliphatic rings. The van der Waals surface area contributed by atoms with Crippen molar-refractivity contribution in [1.82, 2.24) is 33.8 Å². The fourth-order valence-corrected chi connectivity index (χ4v) is 6.18. The second-order valence-corrected chi connectivity index (χ2v) is 12.1. The Labute approximate surface area is 269 Å². The molecule has 47 heavy (non-hydrogen) atoms. The van der Waals surface area contributed by atoms with Crippen LogP contribution in [0.25, 0.3) is 22.7 Å². The number of nitrogens with zero attached hydrogens (tertiary/aromatic N) is 7. The molecule has 4 heterocycles. The summed E-state index contributed by atoms with van der Waals surface area (Å²) in [6, 6.07) is 6.14. The second kappa shape index (κ2) is 11.3. The Hall–Kier alpha value is -4.54. The van der Waals surface area contributed by atoms with Crippen molar-refractivity contribution in [3.8, 4) is 11.6 Å². The molecule has 0 saturated carbocycles. The van der Waals surface area contributed by atoms with Gasteiger partial charge >= 0.3 is 12.4 Å². The van der Waals surface area contributed by atoms with E-state index in [-0.39, 0.29) is 56.9 Å². The molecule has 0 N–H and O–H groups in total. The number of carbonyl (C=O) groups excluding carboxylic acids is 1. The maximum absolute atomic E-state index is 15.8. The average Bonchev–Trinajstić information content (AvgIpc) is 3.51. The summed E-state index contributed by atoms with van der Waals surface area (Å²) in [5, 5.41) is 4.39. The van der Waals surface area contributed by atoms with Crippen LogP contribution in [0.2, 0.25) is 0 Å². The minimum Gasteiger partial charge on any atom is -0.330 e. The normalized spacial score (nSPS) is 15.4. The molecule has 2 aromatic carbocycles. The number of imidazole rings is 1. The van der Waals surface area contributed by atoms with Crippen LogP contribution in [0.15, 0.2) is 52.0 Å². The highest BCUT2D eigenvalue weighted by molar-refractivity contribution is 9.10. The van der Waals surface area contributed by atoms with Crippen LogP contribution in [0.1, 0.15) is 45.5 Å². The first-order valence-electron chi connectivity index (χ1n) is 14.0. The van der Waals surface area contributed by atoms with Crippen molar-refractivity contribution < 1.29 is 35.5 Å². The minimum absolute atomic E-state index is 0.00699. The number of rotatable bonds is 4. The molecule has 0 saturated heterocycles. The molecule has 0 radical (unpaired) electrons. The molecule has 17 heteroatoms. The van der Waals surface area contributed by atoms with E-state index in [0.717, 1.165) is 39.7 Å². The van der Waals surface area contributed by atoms with Crippen molar-refractivity contribution in [2.75, 3.05) is 0 Å². The van der Waals surface area contributed by atoms with E-state index in [0.29, 0.717) is 11.4 Å². The summed E-state index contributed by atoms with van der Waals surface area (Å²) in [6.45, 7) is 3.31. The molecule has 3 aromatic heterocycles. The van der Waals surface area contributed by atoms with Crippen LogP contribution in [0, 0.1) is 19.7 Å². The van der Waals surface area contributed by atoms with Gasteiger partial charge in [0.25, 0.3) is 11.5 Å². The lowest BCUT2D eigenvalue weighted by Crippen LogP contribution is -2.46. The van der Waals surface area contributed by atoms with Crippen molar-refractivity contribution >= 4 is 32.9 Å². The zero-order valence-electron chi connectivity index (χ0n) is 24.7. The Morgan fingerprint density at radius 1 is 1.06 bits per heavy atom. The molecule has 9 nitrogen and oxygen atoms in total. The Morgan fingerprint density at radius 2 is 1.79 bits per heavy atom. The van der Waals surface area contributed by atoms with E-state index in [1.165, 1.54) is 15.6 Å².